The molecule has 0 saturated heterocycles. The van der Waals surface area contributed by atoms with E-state index in [4.69, 9.17) is 9.84 Å². The van der Waals surface area contributed by atoms with Crippen LogP contribution in [0.15, 0.2) is 24.3 Å². The Hall–Kier alpha value is -1.55. The molecule has 4 nitrogen and oxygen atoms in total. The molecule has 19 heavy (non-hydrogen) atoms. The van der Waals surface area contributed by atoms with Gasteiger partial charge in [-0.3, -0.25) is 4.79 Å². The van der Waals surface area contributed by atoms with Crippen molar-refractivity contribution < 1.29 is 14.6 Å². The molecule has 0 radical (unpaired) electrons. The summed E-state index contributed by atoms with van der Waals surface area (Å²) in [5.41, 5.74) is 1.05. The molecule has 0 aromatic heterocycles. The molecule has 1 atom stereocenters. The van der Waals surface area contributed by atoms with Crippen LogP contribution < -0.4 is 10.1 Å². The van der Waals surface area contributed by atoms with Crippen LogP contribution >= 0.6 is 0 Å². The zero-order valence-electron chi connectivity index (χ0n) is 11.7. The fraction of sp³-hybridized carbons (Fsp3) is 0.533. The fourth-order valence-electron chi connectivity index (χ4n) is 1.87. The van der Waals surface area contributed by atoms with Crippen LogP contribution in [-0.2, 0) is 11.2 Å². The summed E-state index contributed by atoms with van der Waals surface area (Å²) in [5, 5.41) is 12.0. The highest BCUT2D eigenvalue weighted by atomic mass is 16.5. The lowest BCUT2D eigenvalue weighted by atomic mass is 10.1. The van der Waals surface area contributed by atoms with Gasteiger partial charge in [-0.15, -0.1) is 0 Å². The Morgan fingerprint density at radius 1 is 1.42 bits per heavy atom. The van der Waals surface area contributed by atoms with E-state index in [2.05, 4.69) is 5.32 Å². The molecule has 1 amide bonds. The lowest BCUT2D eigenvalue weighted by molar-refractivity contribution is -0.121. The largest absolute Gasteiger partial charge is 0.496 e. The third kappa shape index (κ3) is 6.25. The van der Waals surface area contributed by atoms with Gasteiger partial charge in [-0.05, 0) is 37.8 Å². The minimum Gasteiger partial charge on any atom is -0.496 e. The standard InChI is InChI=1S/C15H23NO3/c1-12(17)6-5-11-16-15(18)10-9-13-7-3-4-8-14(13)19-2/h3-4,7-8,12,17H,5-6,9-11H2,1-2H3,(H,16,18). The maximum Gasteiger partial charge on any atom is 0.220 e. The molecule has 0 heterocycles. The van der Waals surface area contributed by atoms with Crippen LogP contribution in [0.4, 0.5) is 0 Å². The van der Waals surface area contributed by atoms with E-state index >= 15 is 0 Å². The second-order valence-corrected chi connectivity index (χ2v) is 4.65. The van der Waals surface area contributed by atoms with Crippen molar-refractivity contribution in [3.63, 3.8) is 0 Å². The first-order chi connectivity index (χ1) is 9.13. The van der Waals surface area contributed by atoms with Crippen LogP contribution in [0.2, 0.25) is 0 Å². The summed E-state index contributed by atoms with van der Waals surface area (Å²) in [7, 11) is 1.63. The Balaban J connectivity index is 2.26. The number of aliphatic hydroxyl groups excluding tert-OH is 1. The Morgan fingerprint density at radius 3 is 2.84 bits per heavy atom. The fourth-order valence-corrected chi connectivity index (χ4v) is 1.87. The molecule has 0 aliphatic carbocycles. The second kappa shape index (κ2) is 8.53. The number of aliphatic hydroxyl groups is 1. The quantitative estimate of drug-likeness (QED) is 0.706. The summed E-state index contributed by atoms with van der Waals surface area (Å²) in [5.74, 6) is 0.862. The summed E-state index contributed by atoms with van der Waals surface area (Å²) in [6.45, 7) is 2.37. The van der Waals surface area contributed by atoms with Gasteiger partial charge < -0.3 is 15.2 Å². The van der Waals surface area contributed by atoms with Crippen molar-refractivity contribution in [2.24, 2.45) is 0 Å². The van der Waals surface area contributed by atoms with Crippen LogP contribution in [0.3, 0.4) is 0 Å². The number of nitrogens with one attached hydrogen (secondary N) is 1. The highest BCUT2D eigenvalue weighted by Gasteiger charge is 2.06. The second-order valence-electron chi connectivity index (χ2n) is 4.65. The number of methoxy groups -OCH3 is 1. The number of aryl methyl sites for hydroxylation is 1. The SMILES string of the molecule is COc1ccccc1CCC(=O)NCCCC(C)O. The molecule has 1 aromatic rings. The van der Waals surface area contributed by atoms with Gasteiger partial charge in [-0.25, -0.2) is 0 Å². The third-order valence-electron chi connectivity index (χ3n) is 2.93. The highest BCUT2D eigenvalue weighted by Crippen LogP contribution is 2.18. The molecule has 0 saturated carbocycles. The Labute approximate surface area is 114 Å². The van der Waals surface area contributed by atoms with Gasteiger partial charge >= 0.3 is 0 Å². The molecular weight excluding hydrogens is 242 g/mol. The molecular formula is C15H23NO3. The van der Waals surface area contributed by atoms with E-state index in [0.717, 1.165) is 17.7 Å². The van der Waals surface area contributed by atoms with E-state index in [-0.39, 0.29) is 12.0 Å². The molecule has 4 heteroatoms. The molecule has 1 aromatic carbocycles. The first kappa shape index (κ1) is 15.5. The van der Waals surface area contributed by atoms with Crippen LogP contribution in [-0.4, -0.2) is 30.8 Å². The molecule has 1 rings (SSSR count). The summed E-state index contributed by atoms with van der Waals surface area (Å²) >= 11 is 0. The van der Waals surface area contributed by atoms with E-state index in [9.17, 15) is 4.79 Å². The number of para-hydroxylation sites is 1. The first-order valence-corrected chi connectivity index (χ1v) is 6.70. The van der Waals surface area contributed by atoms with E-state index in [1.165, 1.54) is 0 Å². The molecule has 0 fully saturated rings. The van der Waals surface area contributed by atoms with E-state index in [1.54, 1.807) is 14.0 Å². The monoisotopic (exact) mass is 265 g/mol. The number of amides is 1. The maximum atomic E-state index is 11.6. The van der Waals surface area contributed by atoms with Gasteiger partial charge in [0.05, 0.1) is 13.2 Å². The predicted octanol–water partition coefficient (Wildman–Crippen LogP) is 1.90. The Kier molecular flexibility index (Phi) is 6.97. The average molecular weight is 265 g/mol. The summed E-state index contributed by atoms with van der Waals surface area (Å²) in [4.78, 5) is 11.6. The van der Waals surface area contributed by atoms with Crippen LogP contribution in [0.1, 0.15) is 31.7 Å². The van der Waals surface area contributed by atoms with Gasteiger partial charge in [0, 0.05) is 13.0 Å². The van der Waals surface area contributed by atoms with Crippen molar-refractivity contribution in [3.05, 3.63) is 29.8 Å². The zero-order valence-corrected chi connectivity index (χ0v) is 11.7. The molecule has 1 unspecified atom stereocenters. The number of carbonyl (C=O) groups is 1. The molecule has 0 aliphatic heterocycles. The smallest absolute Gasteiger partial charge is 0.220 e. The summed E-state index contributed by atoms with van der Waals surface area (Å²) in [6, 6.07) is 7.73. The molecule has 2 N–H and O–H groups in total. The first-order valence-electron chi connectivity index (χ1n) is 6.70. The number of carbonyl (C=O) groups excluding carboxylic acids is 1. The number of hydrogen-bond donors (Lipinski definition) is 2. The van der Waals surface area contributed by atoms with Crippen molar-refractivity contribution >= 4 is 5.91 Å². The van der Waals surface area contributed by atoms with Crippen molar-refractivity contribution in [3.8, 4) is 5.75 Å². The predicted molar refractivity (Wildman–Crippen MR) is 75.2 cm³/mol. The van der Waals surface area contributed by atoms with Gasteiger partial charge in [0.1, 0.15) is 5.75 Å². The minimum atomic E-state index is -0.300. The van der Waals surface area contributed by atoms with Gasteiger partial charge in [-0.2, -0.15) is 0 Å². The summed E-state index contributed by atoms with van der Waals surface area (Å²) in [6.07, 6.45) is 2.34. The van der Waals surface area contributed by atoms with Crippen LogP contribution in [0.5, 0.6) is 5.75 Å². The van der Waals surface area contributed by atoms with Gasteiger partial charge in [0.2, 0.25) is 5.91 Å². The normalized spacial score (nSPS) is 11.9. The van der Waals surface area contributed by atoms with Crippen molar-refractivity contribution in [1.82, 2.24) is 5.32 Å². The zero-order chi connectivity index (χ0) is 14.1. The number of ether oxygens (including phenoxy) is 1. The summed E-state index contributed by atoms with van der Waals surface area (Å²) < 4.78 is 5.24. The lowest BCUT2D eigenvalue weighted by Gasteiger charge is -2.09. The Morgan fingerprint density at radius 2 is 2.16 bits per heavy atom. The minimum absolute atomic E-state index is 0.0384. The van der Waals surface area contributed by atoms with Gasteiger partial charge in [0.15, 0.2) is 0 Å². The van der Waals surface area contributed by atoms with Crippen molar-refractivity contribution in [2.45, 2.75) is 38.7 Å². The van der Waals surface area contributed by atoms with Gasteiger partial charge in [0.25, 0.3) is 0 Å². The van der Waals surface area contributed by atoms with E-state index < -0.39 is 0 Å². The lowest BCUT2D eigenvalue weighted by Crippen LogP contribution is -2.25. The van der Waals surface area contributed by atoms with E-state index in [0.29, 0.717) is 25.8 Å². The molecule has 0 bridgehead atoms. The molecule has 106 valence electrons. The average Bonchev–Trinajstić information content (AvgIpc) is 2.41. The van der Waals surface area contributed by atoms with Crippen molar-refractivity contribution in [2.75, 3.05) is 13.7 Å². The van der Waals surface area contributed by atoms with Crippen molar-refractivity contribution in [1.29, 1.82) is 0 Å². The van der Waals surface area contributed by atoms with Gasteiger partial charge in [-0.1, -0.05) is 18.2 Å². The number of hydrogen-bond acceptors (Lipinski definition) is 3. The van der Waals surface area contributed by atoms with Crippen LogP contribution in [0, 0.1) is 0 Å². The molecule has 0 spiro atoms. The highest BCUT2D eigenvalue weighted by molar-refractivity contribution is 5.76. The molecule has 0 aliphatic rings. The number of rotatable bonds is 8. The topological polar surface area (TPSA) is 58.6 Å². The third-order valence-corrected chi connectivity index (χ3v) is 2.93. The Bertz CT molecular complexity index is 391. The van der Waals surface area contributed by atoms with E-state index in [1.807, 2.05) is 24.3 Å². The maximum absolute atomic E-state index is 11.6. The number of benzene rings is 1. The van der Waals surface area contributed by atoms with Crippen LogP contribution in [0.25, 0.3) is 0 Å².